The van der Waals surface area contributed by atoms with Crippen LogP contribution in [-0.2, 0) is 4.74 Å². The summed E-state index contributed by atoms with van der Waals surface area (Å²) in [5, 5.41) is 0. The molecule has 0 N–H and O–H groups in total. The Morgan fingerprint density at radius 1 is 1.30 bits per heavy atom. The molecule has 1 fully saturated rings. The third-order valence-corrected chi connectivity index (χ3v) is 4.60. The van der Waals surface area contributed by atoms with E-state index < -0.39 is 0 Å². The summed E-state index contributed by atoms with van der Waals surface area (Å²) in [5.41, 5.74) is 1.16. The van der Waals surface area contributed by atoms with Gasteiger partial charge in [0.25, 0.3) is 0 Å². The van der Waals surface area contributed by atoms with Crippen molar-refractivity contribution in [2.75, 3.05) is 53.6 Å². The monoisotopic (exact) mass is 320 g/mol. The van der Waals surface area contributed by atoms with Gasteiger partial charge in [-0.05, 0) is 39.6 Å². The molecule has 1 aromatic carbocycles. The van der Waals surface area contributed by atoms with Gasteiger partial charge in [-0.25, -0.2) is 0 Å². The standard InChI is InChI=1S/C18H28N2O3/c1-4-21-14-5-6-15-17(13-14)22-11-7-16-18(15)23-12-10-20(16)9-8-19(2)3/h5-6,13,16,18H,4,7-12H2,1-3H3/t16-,18-/m1/s1. The van der Waals surface area contributed by atoms with Gasteiger partial charge in [-0.2, -0.15) is 0 Å². The largest absolute Gasteiger partial charge is 0.494 e. The second-order valence-corrected chi connectivity index (χ2v) is 6.47. The molecular formula is C18H28N2O3. The molecule has 0 aliphatic carbocycles. The minimum atomic E-state index is 0.0964. The van der Waals surface area contributed by atoms with Crippen molar-refractivity contribution in [3.05, 3.63) is 23.8 Å². The first-order valence-electron chi connectivity index (χ1n) is 8.59. The minimum absolute atomic E-state index is 0.0964. The summed E-state index contributed by atoms with van der Waals surface area (Å²) >= 11 is 0. The summed E-state index contributed by atoms with van der Waals surface area (Å²) in [6.07, 6.45) is 1.09. The summed E-state index contributed by atoms with van der Waals surface area (Å²) in [4.78, 5) is 4.79. The summed E-state index contributed by atoms with van der Waals surface area (Å²) in [5.74, 6) is 1.78. The quantitative estimate of drug-likeness (QED) is 0.831. The van der Waals surface area contributed by atoms with E-state index >= 15 is 0 Å². The molecule has 0 saturated carbocycles. The zero-order valence-electron chi connectivity index (χ0n) is 14.5. The number of ether oxygens (including phenoxy) is 3. The minimum Gasteiger partial charge on any atom is -0.494 e. The van der Waals surface area contributed by atoms with Crippen molar-refractivity contribution in [1.29, 1.82) is 0 Å². The number of likely N-dealkylation sites (N-methyl/N-ethyl adjacent to an activating group) is 1. The van der Waals surface area contributed by atoms with Crippen LogP contribution in [-0.4, -0.2) is 69.4 Å². The van der Waals surface area contributed by atoms with Crippen LogP contribution in [0.5, 0.6) is 11.5 Å². The van der Waals surface area contributed by atoms with E-state index in [2.05, 4.69) is 30.0 Å². The fourth-order valence-electron chi connectivity index (χ4n) is 3.42. The van der Waals surface area contributed by atoms with Gasteiger partial charge in [0.05, 0.1) is 19.8 Å². The van der Waals surface area contributed by atoms with E-state index in [0.29, 0.717) is 12.6 Å². The Bertz CT molecular complexity index is 521. The Hall–Kier alpha value is -1.30. The van der Waals surface area contributed by atoms with Gasteiger partial charge < -0.3 is 19.1 Å². The number of fused-ring (bicyclic) bond motifs is 3. The predicted octanol–water partition coefficient (Wildman–Crippen LogP) is 2.17. The molecule has 0 aromatic heterocycles. The Morgan fingerprint density at radius 2 is 2.17 bits per heavy atom. The lowest BCUT2D eigenvalue weighted by molar-refractivity contribution is -0.0753. The van der Waals surface area contributed by atoms with Crippen LogP contribution in [0.2, 0.25) is 0 Å². The lowest BCUT2D eigenvalue weighted by Crippen LogP contribution is -2.49. The van der Waals surface area contributed by atoms with Crippen molar-refractivity contribution < 1.29 is 14.2 Å². The molecule has 0 unspecified atom stereocenters. The smallest absolute Gasteiger partial charge is 0.128 e. The first kappa shape index (κ1) is 16.6. The van der Waals surface area contributed by atoms with E-state index in [0.717, 1.165) is 56.3 Å². The number of nitrogens with zero attached hydrogens (tertiary/aromatic N) is 2. The summed E-state index contributed by atoms with van der Waals surface area (Å²) in [6.45, 7) is 7.31. The topological polar surface area (TPSA) is 34.2 Å². The molecule has 1 saturated heterocycles. The maximum atomic E-state index is 6.15. The fourth-order valence-corrected chi connectivity index (χ4v) is 3.42. The predicted molar refractivity (Wildman–Crippen MR) is 90.3 cm³/mol. The van der Waals surface area contributed by atoms with Gasteiger partial charge in [0.1, 0.15) is 17.6 Å². The molecule has 1 aromatic rings. The van der Waals surface area contributed by atoms with Crippen LogP contribution in [0.1, 0.15) is 25.0 Å². The second kappa shape index (κ2) is 7.51. The SMILES string of the molecule is CCOc1ccc2c(c1)OCC[C@@H]1[C@@H]2OCCN1CCN(C)C. The molecule has 0 spiro atoms. The number of morpholine rings is 1. The highest BCUT2D eigenvalue weighted by Gasteiger charge is 2.36. The zero-order valence-corrected chi connectivity index (χ0v) is 14.5. The first-order valence-corrected chi connectivity index (χ1v) is 8.59. The Morgan fingerprint density at radius 3 is 2.96 bits per heavy atom. The highest BCUT2D eigenvalue weighted by atomic mass is 16.5. The number of benzene rings is 1. The molecule has 2 atom stereocenters. The lowest BCUT2D eigenvalue weighted by Gasteiger charge is -2.40. The molecule has 3 rings (SSSR count). The second-order valence-electron chi connectivity index (χ2n) is 6.47. The third-order valence-electron chi connectivity index (χ3n) is 4.60. The van der Waals surface area contributed by atoms with Gasteiger partial charge in [-0.3, -0.25) is 4.90 Å². The van der Waals surface area contributed by atoms with E-state index in [4.69, 9.17) is 14.2 Å². The van der Waals surface area contributed by atoms with Gasteiger partial charge in [0.15, 0.2) is 0 Å². The lowest BCUT2D eigenvalue weighted by atomic mass is 9.97. The van der Waals surface area contributed by atoms with Gasteiger partial charge in [0, 0.05) is 37.3 Å². The van der Waals surface area contributed by atoms with Crippen LogP contribution in [0.25, 0.3) is 0 Å². The molecule has 128 valence electrons. The average molecular weight is 320 g/mol. The van der Waals surface area contributed by atoms with Crippen LogP contribution < -0.4 is 9.47 Å². The van der Waals surface area contributed by atoms with E-state index in [-0.39, 0.29) is 6.10 Å². The van der Waals surface area contributed by atoms with Crippen molar-refractivity contribution in [3.63, 3.8) is 0 Å². The Kier molecular flexibility index (Phi) is 5.41. The van der Waals surface area contributed by atoms with Crippen LogP contribution in [0.4, 0.5) is 0 Å². The van der Waals surface area contributed by atoms with E-state index in [1.807, 2.05) is 19.1 Å². The molecule has 0 bridgehead atoms. The summed E-state index contributed by atoms with van der Waals surface area (Å²) < 4.78 is 17.8. The highest BCUT2D eigenvalue weighted by molar-refractivity contribution is 5.43. The number of hydrogen-bond donors (Lipinski definition) is 0. The van der Waals surface area contributed by atoms with Crippen molar-refractivity contribution >= 4 is 0 Å². The van der Waals surface area contributed by atoms with Gasteiger partial charge in [-0.1, -0.05) is 0 Å². The number of rotatable bonds is 5. The van der Waals surface area contributed by atoms with E-state index in [9.17, 15) is 0 Å². The van der Waals surface area contributed by atoms with Gasteiger partial charge in [-0.15, -0.1) is 0 Å². The van der Waals surface area contributed by atoms with Crippen molar-refractivity contribution in [2.45, 2.75) is 25.5 Å². The van der Waals surface area contributed by atoms with Crippen LogP contribution in [0, 0.1) is 0 Å². The van der Waals surface area contributed by atoms with Crippen LogP contribution >= 0.6 is 0 Å². The Balaban J connectivity index is 1.80. The molecule has 5 heteroatoms. The molecule has 23 heavy (non-hydrogen) atoms. The van der Waals surface area contributed by atoms with Crippen molar-refractivity contribution in [3.8, 4) is 11.5 Å². The number of hydrogen-bond acceptors (Lipinski definition) is 5. The van der Waals surface area contributed by atoms with Crippen LogP contribution in [0.15, 0.2) is 18.2 Å². The zero-order chi connectivity index (χ0) is 16.2. The fraction of sp³-hybridized carbons (Fsp3) is 0.667. The third kappa shape index (κ3) is 3.79. The van der Waals surface area contributed by atoms with Gasteiger partial charge in [0.2, 0.25) is 0 Å². The molecule has 2 aliphatic rings. The molecule has 0 amide bonds. The average Bonchev–Trinajstić information content (AvgIpc) is 2.72. The summed E-state index contributed by atoms with van der Waals surface area (Å²) in [7, 11) is 4.25. The van der Waals surface area contributed by atoms with Crippen LogP contribution in [0.3, 0.4) is 0 Å². The van der Waals surface area contributed by atoms with E-state index in [1.54, 1.807) is 0 Å². The molecule has 0 radical (unpaired) electrons. The maximum Gasteiger partial charge on any atom is 0.128 e. The molecule has 5 nitrogen and oxygen atoms in total. The van der Waals surface area contributed by atoms with Gasteiger partial charge >= 0.3 is 0 Å². The molecule has 2 aliphatic heterocycles. The van der Waals surface area contributed by atoms with E-state index in [1.165, 1.54) is 0 Å². The molecule has 2 heterocycles. The van der Waals surface area contributed by atoms with Crippen molar-refractivity contribution in [1.82, 2.24) is 9.80 Å². The van der Waals surface area contributed by atoms with Crippen molar-refractivity contribution in [2.24, 2.45) is 0 Å². The molecular weight excluding hydrogens is 292 g/mol. The normalized spacial score (nSPS) is 24.5. The Labute approximate surface area is 139 Å². The highest BCUT2D eigenvalue weighted by Crippen LogP contribution is 2.39. The summed E-state index contributed by atoms with van der Waals surface area (Å²) in [6, 6.07) is 6.53. The first-order chi connectivity index (χ1) is 11.2. The maximum absolute atomic E-state index is 6.15.